The lowest BCUT2D eigenvalue weighted by atomic mass is 10.3. The maximum atomic E-state index is 11.6. The van der Waals surface area contributed by atoms with Crippen LogP contribution in [0.5, 0.6) is 0 Å². The molecule has 17 heavy (non-hydrogen) atoms. The van der Waals surface area contributed by atoms with Gasteiger partial charge in [-0.15, -0.1) is 6.58 Å². The summed E-state index contributed by atoms with van der Waals surface area (Å²) in [6.45, 7) is 3.52. The van der Waals surface area contributed by atoms with E-state index >= 15 is 0 Å². The summed E-state index contributed by atoms with van der Waals surface area (Å²) in [6, 6.07) is 2.61. The lowest BCUT2D eigenvalue weighted by Crippen LogP contribution is -2.33. The molecule has 1 rings (SSSR count). The highest BCUT2D eigenvalue weighted by atomic mass is 16.4. The van der Waals surface area contributed by atoms with Gasteiger partial charge in [-0.2, -0.15) is 0 Å². The number of rotatable bonds is 5. The van der Waals surface area contributed by atoms with Gasteiger partial charge in [-0.25, -0.2) is 4.79 Å². The Labute approximate surface area is 97.2 Å². The van der Waals surface area contributed by atoms with Crippen LogP contribution in [-0.2, 0) is 11.3 Å². The summed E-state index contributed by atoms with van der Waals surface area (Å²) in [5.41, 5.74) is -1.06. The molecule has 1 heterocycles. The molecule has 1 amide bonds. The molecule has 0 aliphatic rings. The van der Waals surface area contributed by atoms with Crippen molar-refractivity contribution < 1.29 is 14.7 Å². The van der Waals surface area contributed by atoms with E-state index in [-0.39, 0.29) is 18.0 Å². The molecule has 1 aromatic heterocycles. The zero-order valence-corrected chi connectivity index (χ0v) is 9.05. The van der Waals surface area contributed by atoms with E-state index in [1.54, 1.807) is 0 Å². The van der Waals surface area contributed by atoms with Gasteiger partial charge >= 0.3 is 5.97 Å². The highest BCUT2D eigenvalue weighted by Crippen LogP contribution is 1.92. The SMILES string of the molecule is C=CCNC(=O)Cn1cccc(C(=O)O)c1=O. The predicted octanol–water partition coefficient (Wildman–Crippen LogP) is -0.151. The summed E-state index contributed by atoms with van der Waals surface area (Å²) >= 11 is 0. The zero-order chi connectivity index (χ0) is 12.8. The molecule has 6 nitrogen and oxygen atoms in total. The number of nitrogens with zero attached hydrogens (tertiary/aromatic N) is 1. The fourth-order valence-electron chi connectivity index (χ4n) is 1.22. The Hall–Kier alpha value is -2.37. The average molecular weight is 236 g/mol. The average Bonchev–Trinajstić information content (AvgIpc) is 2.28. The Morgan fingerprint density at radius 2 is 2.24 bits per heavy atom. The molecule has 0 aliphatic carbocycles. The molecule has 0 saturated heterocycles. The van der Waals surface area contributed by atoms with Crippen molar-refractivity contribution in [2.75, 3.05) is 6.54 Å². The van der Waals surface area contributed by atoms with Crippen LogP contribution in [0.25, 0.3) is 0 Å². The molecule has 6 heteroatoms. The van der Waals surface area contributed by atoms with E-state index in [1.807, 2.05) is 0 Å². The van der Waals surface area contributed by atoms with Crippen molar-refractivity contribution in [2.24, 2.45) is 0 Å². The molecule has 0 fully saturated rings. The van der Waals surface area contributed by atoms with E-state index in [9.17, 15) is 14.4 Å². The molecule has 0 atom stereocenters. The van der Waals surface area contributed by atoms with E-state index in [2.05, 4.69) is 11.9 Å². The normalized spacial score (nSPS) is 9.65. The minimum atomic E-state index is -1.31. The van der Waals surface area contributed by atoms with Crippen LogP contribution in [0.15, 0.2) is 35.8 Å². The number of carboxylic acids is 1. The molecule has 1 aromatic rings. The van der Waals surface area contributed by atoms with Gasteiger partial charge in [0.2, 0.25) is 5.91 Å². The number of pyridine rings is 1. The highest BCUT2D eigenvalue weighted by molar-refractivity contribution is 5.87. The van der Waals surface area contributed by atoms with Gasteiger partial charge in [0.05, 0.1) is 0 Å². The monoisotopic (exact) mass is 236 g/mol. The second-order valence-corrected chi connectivity index (χ2v) is 3.25. The number of nitrogens with one attached hydrogen (secondary N) is 1. The summed E-state index contributed by atoms with van der Waals surface area (Å²) in [5.74, 6) is -1.69. The van der Waals surface area contributed by atoms with Crippen LogP contribution in [-0.4, -0.2) is 28.1 Å². The maximum absolute atomic E-state index is 11.6. The number of carbonyl (C=O) groups is 2. The first-order valence-corrected chi connectivity index (χ1v) is 4.86. The molecule has 0 spiro atoms. The molecular weight excluding hydrogens is 224 g/mol. The lowest BCUT2D eigenvalue weighted by Gasteiger charge is -2.06. The number of carboxylic acid groups (broad SMARTS) is 1. The lowest BCUT2D eigenvalue weighted by molar-refractivity contribution is -0.121. The second-order valence-electron chi connectivity index (χ2n) is 3.25. The van der Waals surface area contributed by atoms with Crippen molar-refractivity contribution in [2.45, 2.75) is 6.54 Å². The van der Waals surface area contributed by atoms with Crippen molar-refractivity contribution in [3.05, 3.63) is 46.9 Å². The number of carbonyl (C=O) groups excluding carboxylic acids is 1. The molecule has 0 saturated carbocycles. The molecule has 90 valence electrons. The molecule has 0 unspecified atom stereocenters. The van der Waals surface area contributed by atoms with E-state index in [0.717, 1.165) is 4.57 Å². The van der Waals surface area contributed by atoms with E-state index in [1.165, 1.54) is 24.4 Å². The summed E-state index contributed by atoms with van der Waals surface area (Å²) in [4.78, 5) is 33.6. The fraction of sp³-hybridized carbons (Fsp3) is 0.182. The smallest absolute Gasteiger partial charge is 0.341 e. The van der Waals surface area contributed by atoms with E-state index in [4.69, 9.17) is 5.11 Å². The van der Waals surface area contributed by atoms with Gasteiger partial charge < -0.3 is 15.0 Å². The molecule has 0 radical (unpaired) electrons. The first-order valence-electron chi connectivity index (χ1n) is 4.86. The first kappa shape index (κ1) is 12.7. The molecule has 0 aliphatic heterocycles. The molecule has 2 N–H and O–H groups in total. The Morgan fingerprint density at radius 1 is 1.53 bits per heavy atom. The Morgan fingerprint density at radius 3 is 2.82 bits per heavy atom. The maximum Gasteiger partial charge on any atom is 0.341 e. The predicted molar refractivity (Wildman–Crippen MR) is 60.9 cm³/mol. The van der Waals surface area contributed by atoms with Crippen molar-refractivity contribution in [1.29, 1.82) is 0 Å². The minimum absolute atomic E-state index is 0.214. The minimum Gasteiger partial charge on any atom is -0.477 e. The quantitative estimate of drug-likeness (QED) is 0.696. The van der Waals surface area contributed by atoms with E-state index < -0.39 is 11.5 Å². The third-order valence-electron chi connectivity index (χ3n) is 2.01. The third kappa shape index (κ3) is 3.30. The number of amides is 1. The van der Waals surface area contributed by atoms with E-state index in [0.29, 0.717) is 6.54 Å². The number of aromatic nitrogens is 1. The van der Waals surface area contributed by atoms with Gasteiger partial charge in [0, 0.05) is 12.7 Å². The van der Waals surface area contributed by atoms with Gasteiger partial charge in [0.1, 0.15) is 12.1 Å². The molecular formula is C11H12N2O4. The molecule has 0 aromatic carbocycles. The summed E-state index contributed by atoms with van der Waals surface area (Å²) < 4.78 is 1.04. The standard InChI is InChI=1S/C11H12N2O4/c1-2-5-12-9(14)7-13-6-3-4-8(10(13)15)11(16)17/h2-4,6H,1,5,7H2,(H,12,14)(H,16,17). The van der Waals surface area contributed by atoms with Crippen LogP contribution in [0, 0.1) is 0 Å². The Balaban J connectivity index is 2.89. The van der Waals surface area contributed by atoms with Crippen LogP contribution in [0.2, 0.25) is 0 Å². The van der Waals surface area contributed by atoms with Crippen LogP contribution in [0.4, 0.5) is 0 Å². The van der Waals surface area contributed by atoms with Crippen molar-refractivity contribution >= 4 is 11.9 Å². The van der Waals surface area contributed by atoms with Crippen LogP contribution in [0.1, 0.15) is 10.4 Å². The number of aromatic carboxylic acids is 1. The van der Waals surface area contributed by atoms with Crippen LogP contribution in [0.3, 0.4) is 0 Å². The van der Waals surface area contributed by atoms with Crippen LogP contribution >= 0.6 is 0 Å². The van der Waals surface area contributed by atoms with Crippen molar-refractivity contribution in [3.8, 4) is 0 Å². The second kappa shape index (κ2) is 5.64. The Bertz CT molecular complexity index is 504. The largest absolute Gasteiger partial charge is 0.477 e. The summed E-state index contributed by atoms with van der Waals surface area (Å²) in [6.07, 6.45) is 2.87. The fourth-order valence-corrected chi connectivity index (χ4v) is 1.22. The first-order chi connectivity index (χ1) is 8.06. The van der Waals surface area contributed by atoms with Crippen LogP contribution < -0.4 is 10.9 Å². The number of hydrogen-bond donors (Lipinski definition) is 2. The molecule has 0 bridgehead atoms. The van der Waals surface area contributed by atoms with Gasteiger partial charge in [0.15, 0.2) is 0 Å². The summed E-state index contributed by atoms with van der Waals surface area (Å²) in [5, 5.41) is 11.2. The van der Waals surface area contributed by atoms with Crippen molar-refractivity contribution in [1.82, 2.24) is 9.88 Å². The third-order valence-corrected chi connectivity index (χ3v) is 2.01. The Kier molecular flexibility index (Phi) is 4.21. The van der Waals surface area contributed by atoms with Crippen molar-refractivity contribution in [3.63, 3.8) is 0 Å². The summed E-state index contributed by atoms with van der Waals surface area (Å²) in [7, 11) is 0. The number of hydrogen-bond acceptors (Lipinski definition) is 3. The topological polar surface area (TPSA) is 88.4 Å². The van der Waals surface area contributed by atoms with Gasteiger partial charge in [0.25, 0.3) is 5.56 Å². The van der Waals surface area contributed by atoms with Gasteiger partial charge in [-0.3, -0.25) is 9.59 Å². The highest BCUT2D eigenvalue weighted by Gasteiger charge is 2.11. The van der Waals surface area contributed by atoms with Gasteiger partial charge in [-0.05, 0) is 12.1 Å². The van der Waals surface area contributed by atoms with Gasteiger partial charge in [-0.1, -0.05) is 6.08 Å². The zero-order valence-electron chi connectivity index (χ0n) is 9.05.